The van der Waals surface area contributed by atoms with E-state index in [9.17, 15) is 9.59 Å². The number of allylic oxidation sites excluding steroid dienone is 4. The molecular weight excluding hydrogens is 2020 g/mol. The minimum Gasteiger partial charge on any atom is -0.493 e. The molecule has 2 N–H and O–H groups in total. The zero-order chi connectivity index (χ0) is 79.9. The molecule has 0 atom stereocenters. The maximum Gasteiger partial charge on any atom is 2.00 e. The fourth-order valence-corrected chi connectivity index (χ4v) is 16.9. The van der Waals surface area contributed by atoms with Crippen LogP contribution in [0.5, 0.6) is 0 Å². The number of carbonyl (C=O) groups is 2. The molecule has 2 radical (unpaired) electrons. The van der Waals surface area contributed by atoms with Crippen molar-refractivity contribution in [3.05, 3.63) is 355 Å². The van der Waals surface area contributed by atoms with Gasteiger partial charge in [-0.2, -0.15) is 30.3 Å². The van der Waals surface area contributed by atoms with Crippen LogP contribution in [-0.4, -0.2) is 58.1 Å². The predicted molar refractivity (Wildman–Crippen MR) is 469 cm³/mol. The van der Waals surface area contributed by atoms with E-state index in [4.69, 9.17) is 20.2 Å². The predicted octanol–water partition coefficient (Wildman–Crippen LogP) is 23.7. The molecule has 6 heterocycles. The molecule has 0 spiro atoms. The monoisotopic (exact) mass is 2120 g/mol. The van der Waals surface area contributed by atoms with Crippen molar-refractivity contribution in [3.8, 4) is 56.2 Å². The van der Waals surface area contributed by atoms with Gasteiger partial charge in [0, 0.05) is 88.0 Å². The fourth-order valence-electron chi connectivity index (χ4n) is 13.0. The zero-order valence-corrected chi connectivity index (χ0v) is 78.5. The molecule has 9 aromatic carbocycles. The van der Waals surface area contributed by atoms with Crippen molar-refractivity contribution in [1.82, 2.24) is 15.0 Å². The summed E-state index contributed by atoms with van der Waals surface area (Å²) in [4.78, 5) is 38.1. The molecule has 0 fully saturated rings. The van der Waals surface area contributed by atoms with Gasteiger partial charge in [0.25, 0.3) is 0 Å². The van der Waals surface area contributed by atoms with Gasteiger partial charge in [0.05, 0.1) is 19.6 Å². The number of aromatic nitrogens is 4. The Morgan fingerprint density at radius 1 is 0.553 bits per heavy atom. The SMILES string of the molecule is CC(=O)C=C(C)O.CC(=O)C=C(C)O.C[Si](C)(C)c1cc(-c2[c-]cccc2)ncc1-c1ccccc1.Cc1[c-]c(-c2nccc3c(C(C)C)cc(C(C)C)cc23)cc(C)c1.Cc1cccnc1-c1[c-]cccc1.[CH3][Ge]([CH3])([CH3])[c]1ccc2[n+](c1)Cc1ccccc1-2.[Ir].[Ir].[Pt+2].[c-]1ccccc1N1[CH-]N(c2ccccc2)c2ccccc21. The molecule has 13 aromatic rings. The molecular formula is C99H104GeIr2N6O4PtSi-2. The molecule has 0 bridgehead atoms. The number of aliphatic hydroxyl groups is 2. The molecule has 0 saturated heterocycles. The topological polar surface area (TPSA) is 124 Å². The number of nitrogens with zero attached hydrogens (tertiary/aromatic N) is 6. The summed E-state index contributed by atoms with van der Waals surface area (Å²) < 4.78 is 4.00. The number of benzene rings is 9. The third-order valence-corrected chi connectivity index (χ3v) is 24.6. The average molecular weight is 2120 g/mol. The first-order valence-corrected chi connectivity index (χ1v) is 48.7. The minimum atomic E-state index is -1.70. The van der Waals surface area contributed by atoms with Crippen LogP contribution >= 0.6 is 0 Å². The standard InChI is InChI=1S/C23H26N.C20H20NSi.C19H14N2.C15H18GeN.C12H10N.2C5H8O2.2Ir.Pt/c1-14(2)18-12-21(15(3)4)20-7-8-24-23(22(20)13-18)19-10-16(5)9-17(6)11-19;1-22(2,3)20-14-19(17-12-8-5-9-13-17)21-15-18(20)16-10-6-4-7-11-16;1-3-9-16(10-4-1)20-15-21(17-11-5-2-6-12-17)19-14-8-7-13-18(19)20;1-16(2,3)13-8-9-15-14-7-5-4-6-12(14)10-17(15)11-13;1-10-6-5-9-13-12(10)11-7-3-2-4-8-11;2*1-4(6)3-5(2)7;;;/h7-10,12-15H,1-6H3;4-12,14-15H,1-3H3;1-11,13-15H;4-9,11H,10H2,1-3H3;2-7,9H,1H3;2*3,6H,1-2H3;;;/q2*-1;-2;+1;-1;;;;;+2. The van der Waals surface area contributed by atoms with Gasteiger partial charge in [-0.1, -0.05) is 157 Å². The van der Waals surface area contributed by atoms with Crippen LogP contribution in [-0.2, 0) is 77.4 Å². The second kappa shape index (κ2) is 44.5. The van der Waals surface area contributed by atoms with Crippen LogP contribution in [0.3, 0.4) is 0 Å². The number of hydrogen-bond donors (Lipinski definition) is 2. The zero-order valence-electron chi connectivity index (χ0n) is 68.4. The molecule has 0 unspecified atom stereocenters. The van der Waals surface area contributed by atoms with Crippen LogP contribution in [0.4, 0.5) is 22.7 Å². The number of carbonyl (C=O) groups excluding carboxylic acids is 2. The summed E-state index contributed by atoms with van der Waals surface area (Å²) in [6.07, 6.45) is 10.5. The van der Waals surface area contributed by atoms with Gasteiger partial charge < -0.3 is 35.0 Å². The largest absolute Gasteiger partial charge is 2.00 e. The number of anilines is 4. The molecule has 0 amide bonds. The molecule has 2 aliphatic rings. The molecule has 10 nitrogen and oxygen atoms in total. The van der Waals surface area contributed by atoms with Crippen LogP contribution in [0.15, 0.2) is 291 Å². The molecule has 0 aliphatic carbocycles. The van der Waals surface area contributed by atoms with Gasteiger partial charge in [-0.05, 0) is 133 Å². The Morgan fingerprint density at radius 3 is 1.67 bits per heavy atom. The van der Waals surface area contributed by atoms with Crippen molar-refractivity contribution in [2.75, 3.05) is 9.80 Å². The summed E-state index contributed by atoms with van der Waals surface area (Å²) in [5.41, 5.74) is 23.9. The quantitative estimate of drug-likeness (QED) is 0.0405. The second-order valence-corrected chi connectivity index (χ2v) is 46.1. The first-order chi connectivity index (χ1) is 53.0. The molecule has 4 aromatic heterocycles. The van der Waals surface area contributed by atoms with Gasteiger partial charge in [-0.3, -0.25) is 9.59 Å². The molecule has 15 heteroatoms. The van der Waals surface area contributed by atoms with Crippen LogP contribution in [0.25, 0.3) is 66.9 Å². The minimum absolute atomic E-state index is 0. The fraction of sp³-hybridized carbons (Fsp3) is 0.202. The Morgan fingerprint density at radius 2 is 1.12 bits per heavy atom. The van der Waals surface area contributed by atoms with E-state index in [0.29, 0.717) is 11.8 Å². The number of aryl methyl sites for hydroxylation is 3. The summed E-state index contributed by atoms with van der Waals surface area (Å²) in [6.45, 7) is 31.3. The second-order valence-electron chi connectivity index (χ2n) is 30.4. The van der Waals surface area contributed by atoms with E-state index in [0.717, 1.165) is 57.3 Å². The van der Waals surface area contributed by atoms with E-state index < -0.39 is 21.3 Å². The normalized spacial score (nSPS) is 11.6. The van der Waals surface area contributed by atoms with Gasteiger partial charge >= 0.3 is 127 Å². The van der Waals surface area contributed by atoms with Crippen molar-refractivity contribution in [1.29, 1.82) is 0 Å². The van der Waals surface area contributed by atoms with Crippen molar-refractivity contribution in [3.63, 3.8) is 0 Å². The Balaban J connectivity index is 0.000000213. The number of pyridine rings is 4. The van der Waals surface area contributed by atoms with Gasteiger partial charge in [-0.25, -0.2) is 0 Å². The van der Waals surface area contributed by atoms with Crippen molar-refractivity contribution in [2.45, 2.75) is 131 Å². The summed E-state index contributed by atoms with van der Waals surface area (Å²) in [5.74, 6) is 8.21. The number of aliphatic hydroxyl groups excluding tert-OH is 2. The maximum absolute atomic E-state index is 10.0. The third-order valence-electron chi connectivity index (χ3n) is 18.3. The smallest absolute Gasteiger partial charge is 0.493 e. The Labute approximate surface area is 723 Å². The van der Waals surface area contributed by atoms with E-state index in [2.05, 4.69) is 312 Å². The van der Waals surface area contributed by atoms with E-state index in [-0.39, 0.29) is 84.4 Å². The van der Waals surface area contributed by atoms with Gasteiger partial charge in [0.2, 0.25) is 0 Å². The Kier molecular flexibility index (Phi) is 36.5. The van der Waals surface area contributed by atoms with Gasteiger partial charge in [0.1, 0.15) is 0 Å². The Hall–Kier alpha value is -9.39. The summed E-state index contributed by atoms with van der Waals surface area (Å²) in [7, 11) is -1.48. The van der Waals surface area contributed by atoms with Crippen LogP contribution in [0, 0.1) is 51.7 Å². The number of para-hydroxylation sites is 4. The molecule has 2 aliphatic heterocycles. The Bertz CT molecular complexity index is 5210. The number of ketones is 2. The molecule has 114 heavy (non-hydrogen) atoms. The molecule has 0 saturated carbocycles. The van der Waals surface area contributed by atoms with E-state index in [1.54, 1.807) is 4.40 Å². The van der Waals surface area contributed by atoms with Crippen molar-refractivity contribution < 1.29 is 85.6 Å². The summed E-state index contributed by atoms with van der Waals surface area (Å²) in [5, 5.41) is 20.7. The van der Waals surface area contributed by atoms with Crippen LogP contribution in [0.1, 0.15) is 101 Å². The van der Waals surface area contributed by atoms with Crippen molar-refractivity contribution in [2.24, 2.45) is 0 Å². The first-order valence-electron chi connectivity index (χ1n) is 37.8. The van der Waals surface area contributed by atoms with Gasteiger partial charge in [-0.15, -0.1) is 119 Å². The summed E-state index contributed by atoms with van der Waals surface area (Å²) in [6, 6.07) is 97.4. The van der Waals surface area contributed by atoms with Crippen molar-refractivity contribution >= 4 is 76.0 Å². The molecule has 592 valence electrons. The number of fused-ring (bicyclic) bond motifs is 5. The van der Waals surface area contributed by atoms with Gasteiger partial charge in [0.15, 0.2) is 11.6 Å². The number of rotatable bonds is 12. The number of hydrogen-bond acceptors (Lipinski definition) is 9. The van der Waals surface area contributed by atoms with E-state index in [1.165, 1.54) is 117 Å². The van der Waals surface area contributed by atoms with Crippen LogP contribution in [0.2, 0.25) is 36.9 Å². The van der Waals surface area contributed by atoms with Crippen LogP contribution < -0.4 is 23.9 Å². The van der Waals surface area contributed by atoms with E-state index in [1.807, 2.05) is 91.4 Å². The summed E-state index contributed by atoms with van der Waals surface area (Å²) >= 11 is -1.70. The average Bonchev–Trinajstić information content (AvgIpc) is 1.48. The molecule has 15 rings (SSSR count). The third kappa shape index (κ3) is 26.6. The first kappa shape index (κ1) is 93.5. The van der Waals surface area contributed by atoms with E-state index >= 15 is 0 Å². The maximum atomic E-state index is 10.0.